The highest BCUT2D eigenvalue weighted by Crippen LogP contribution is 2.41. The fourth-order valence-corrected chi connectivity index (χ4v) is 4.95. The van der Waals surface area contributed by atoms with Crippen molar-refractivity contribution >= 4 is 11.2 Å². The number of alkyl halides is 2. The molecule has 2 aliphatic carbocycles. The van der Waals surface area contributed by atoms with Crippen molar-refractivity contribution in [2.24, 2.45) is 0 Å². The van der Waals surface area contributed by atoms with E-state index in [0.29, 0.717) is 37.2 Å². The van der Waals surface area contributed by atoms with Crippen molar-refractivity contribution in [2.75, 3.05) is 19.9 Å². The lowest BCUT2D eigenvalue weighted by Gasteiger charge is -2.32. The topological polar surface area (TPSA) is 78.6 Å². The zero-order valence-corrected chi connectivity index (χ0v) is 20.6. The van der Waals surface area contributed by atoms with Gasteiger partial charge < -0.3 is 4.74 Å². The molecule has 2 saturated carbocycles. The van der Waals surface area contributed by atoms with Gasteiger partial charge in [0, 0.05) is 37.4 Å². The summed E-state index contributed by atoms with van der Waals surface area (Å²) >= 11 is 0. The minimum absolute atomic E-state index is 0.0703. The van der Waals surface area contributed by atoms with Crippen LogP contribution in [0.2, 0.25) is 0 Å². The Morgan fingerprint density at radius 2 is 1.66 bits per heavy atom. The minimum Gasteiger partial charge on any atom is -0.381 e. The molecule has 6 rings (SSSR count). The number of aryl methyl sites for hydroxylation is 2. The predicted molar refractivity (Wildman–Crippen MR) is 129 cm³/mol. The van der Waals surface area contributed by atoms with Gasteiger partial charge in [0.1, 0.15) is 23.7 Å². The summed E-state index contributed by atoms with van der Waals surface area (Å²) in [4.78, 5) is 19.0. The molecule has 3 aromatic heterocycles. The molecule has 0 unspecified atom stereocenters. The highest BCUT2D eigenvalue weighted by Gasteiger charge is 2.37. The van der Waals surface area contributed by atoms with Gasteiger partial charge in [-0.1, -0.05) is 0 Å². The Hall–Kier alpha value is -2.55. The molecule has 3 aromatic rings. The SMILES string of the molecule is Cc1nc2nc(C3CCOCC3)nc(C3CCC(F)(CF)CC3)c2nc1C.c1cnn(C2CC2)c1. The van der Waals surface area contributed by atoms with E-state index in [4.69, 9.17) is 19.7 Å². The highest BCUT2D eigenvalue weighted by atomic mass is 19.2. The van der Waals surface area contributed by atoms with Gasteiger partial charge in [0.2, 0.25) is 0 Å². The van der Waals surface area contributed by atoms with E-state index in [9.17, 15) is 8.78 Å². The van der Waals surface area contributed by atoms with Crippen molar-refractivity contribution in [3.05, 3.63) is 41.4 Å². The van der Waals surface area contributed by atoms with Gasteiger partial charge in [0.25, 0.3) is 0 Å². The molecule has 4 heterocycles. The zero-order chi connectivity index (χ0) is 24.4. The third-order valence-electron chi connectivity index (χ3n) is 7.53. The van der Waals surface area contributed by atoms with Crippen molar-refractivity contribution < 1.29 is 13.5 Å². The number of aromatic nitrogens is 6. The molecule has 0 atom stereocenters. The lowest BCUT2D eigenvalue weighted by Crippen LogP contribution is -2.31. The molecule has 1 aliphatic heterocycles. The van der Waals surface area contributed by atoms with Crippen LogP contribution in [0.1, 0.15) is 92.2 Å². The number of fused-ring (bicyclic) bond motifs is 1. The maximum Gasteiger partial charge on any atom is 0.182 e. The average Bonchev–Trinajstić information content (AvgIpc) is 3.59. The number of ether oxygens (including phenoxy) is 1. The number of nitrogens with zero attached hydrogens (tertiary/aromatic N) is 6. The van der Waals surface area contributed by atoms with Crippen LogP contribution in [0, 0.1) is 13.8 Å². The minimum atomic E-state index is -1.68. The Bertz CT molecular complexity index is 1140. The molecule has 3 fully saturated rings. The Morgan fingerprint density at radius 3 is 2.29 bits per heavy atom. The fraction of sp³-hybridized carbons (Fsp3) is 0.654. The van der Waals surface area contributed by atoms with E-state index in [0.717, 1.165) is 41.8 Å². The van der Waals surface area contributed by atoms with Gasteiger partial charge in [0.15, 0.2) is 5.65 Å². The van der Waals surface area contributed by atoms with E-state index < -0.39 is 12.3 Å². The smallest absolute Gasteiger partial charge is 0.182 e. The molecule has 0 radical (unpaired) electrons. The summed E-state index contributed by atoms with van der Waals surface area (Å²) in [5.41, 5.74) is 2.22. The first kappa shape index (κ1) is 24.2. The molecular formula is C26H34F2N6O. The van der Waals surface area contributed by atoms with Crippen LogP contribution in [-0.4, -0.2) is 55.3 Å². The number of halogens is 2. The molecular weight excluding hydrogens is 450 g/mol. The van der Waals surface area contributed by atoms with Gasteiger partial charge >= 0.3 is 0 Å². The maximum absolute atomic E-state index is 14.3. The Kier molecular flexibility index (Phi) is 7.05. The molecule has 0 N–H and O–H groups in total. The highest BCUT2D eigenvalue weighted by molar-refractivity contribution is 5.73. The second-order valence-electron chi connectivity index (χ2n) is 10.2. The van der Waals surface area contributed by atoms with E-state index in [-0.39, 0.29) is 24.7 Å². The standard InChI is InChI=1S/C20H26F2N4O.C6H8N2/c1-12-13(2)24-19-17(23-12)16(14-3-7-20(22,11-21)8-4-14)25-18(26-19)15-5-9-27-10-6-15;1-4-7-8(5-1)6-2-3-6/h14-15H,3-11H2,1-2H3;1,4-6H,2-3H2. The molecule has 35 heavy (non-hydrogen) atoms. The van der Waals surface area contributed by atoms with Crippen LogP contribution in [0.4, 0.5) is 8.78 Å². The second kappa shape index (κ2) is 10.2. The van der Waals surface area contributed by atoms with Crippen LogP contribution in [0.25, 0.3) is 11.2 Å². The van der Waals surface area contributed by atoms with Crippen LogP contribution < -0.4 is 0 Å². The molecule has 188 valence electrons. The number of hydrogen-bond acceptors (Lipinski definition) is 6. The van der Waals surface area contributed by atoms with Crippen LogP contribution in [0.15, 0.2) is 18.5 Å². The lowest BCUT2D eigenvalue weighted by atomic mass is 9.79. The first-order chi connectivity index (χ1) is 17.0. The third kappa shape index (κ3) is 5.50. The molecule has 9 heteroatoms. The van der Waals surface area contributed by atoms with Crippen LogP contribution in [0.3, 0.4) is 0 Å². The summed E-state index contributed by atoms with van der Waals surface area (Å²) in [7, 11) is 0. The fourth-order valence-electron chi connectivity index (χ4n) is 4.95. The summed E-state index contributed by atoms with van der Waals surface area (Å²) in [6.45, 7) is 4.37. The Balaban J connectivity index is 0.000000265. The van der Waals surface area contributed by atoms with E-state index in [1.165, 1.54) is 12.8 Å². The van der Waals surface area contributed by atoms with Gasteiger partial charge in [-0.15, -0.1) is 0 Å². The summed E-state index contributed by atoms with van der Waals surface area (Å²) in [6.07, 6.45) is 9.89. The van der Waals surface area contributed by atoms with Gasteiger partial charge in [-0.25, -0.2) is 28.7 Å². The van der Waals surface area contributed by atoms with Crippen molar-refractivity contribution in [1.82, 2.24) is 29.7 Å². The van der Waals surface area contributed by atoms with Crippen molar-refractivity contribution in [3.8, 4) is 0 Å². The van der Waals surface area contributed by atoms with Crippen LogP contribution >= 0.6 is 0 Å². The van der Waals surface area contributed by atoms with E-state index in [1.54, 1.807) is 0 Å². The molecule has 0 bridgehead atoms. The van der Waals surface area contributed by atoms with Gasteiger partial charge in [0.05, 0.1) is 23.1 Å². The maximum atomic E-state index is 14.3. The first-order valence-corrected chi connectivity index (χ1v) is 12.8. The Labute approximate surface area is 204 Å². The molecule has 0 spiro atoms. The zero-order valence-electron chi connectivity index (χ0n) is 20.6. The molecule has 1 saturated heterocycles. The normalized spacial score (nSPS) is 25.3. The number of hydrogen-bond donors (Lipinski definition) is 0. The predicted octanol–water partition coefficient (Wildman–Crippen LogP) is 5.48. The second-order valence-corrected chi connectivity index (χ2v) is 10.2. The largest absolute Gasteiger partial charge is 0.381 e. The lowest BCUT2D eigenvalue weighted by molar-refractivity contribution is 0.0673. The summed E-state index contributed by atoms with van der Waals surface area (Å²) in [5, 5.41) is 4.09. The molecule has 0 aromatic carbocycles. The van der Waals surface area contributed by atoms with E-state index in [2.05, 4.69) is 10.1 Å². The van der Waals surface area contributed by atoms with Crippen LogP contribution in [-0.2, 0) is 4.74 Å². The van der Waals surface area contributed by atoms with Crippen LogP contribution in [0.5, 0.6) is 0 Å². The average molecular weight is 485 g/mol. The quantitative estimate of drug-likeness (QED) is 0.488. The molecule has 7 nitrogen and oxygen atoms in total. The summed E-state index contributed by atoms with van der Waals surface area (Å²) < 4.78 is 34.8. The van der Waals surface area contributed by atoms with Crippen molar-refractivity contribution in [2.45, 2.75) is 88.8 Å². The van der Waals surface area contributed by atoms with Gasteiger partial charge in [-0.3, -0.25) is 4.68 Å². The Morgan fingerprint density at radius 1 is 0.943 bits per heavy atom. The first-order valence-electron chi connectivity index (χ1n) is 12.8. The van der Waals surface area contributed by atoms with Gasteiger partial charge in [-0.2, -0.15) is 5.10 Å². The molecule has 0 amide bonds. The van der Waals surface area contributed by atoms with E-state index >= 15 is 0 Å². The molecule has 3 aliphatic rings. The van der Waals surface area contributed by atoms with Gasteiger partial charge in [-0.05, 0) is 71.3 Å². The monoisotopic (exact) mass is 484 g/mol. The number of rotatable bonds is 4. The van der Waals surface area contributed by atoms with Crippen molar-refractivity contribution in [3.63, 3.8) is 0 Å². The summed E-state index contributed by atoms with van der Waals surface area (Å²) in [5.74, 6) is 1.11. The summed E-state index contributed by atoms with van der Waals surface area (Å²) in [6, 6.07) is 2.71. The van der Waals surface area contributed by atoms with E-state index in [1.807, 2.05) is 37.0 Å². The third-order valence-corrected chi connectivity index (χ3v) is 7.53. The van der Waals surface area contributed by atoms with Crippen molar-refractivity contribution in [1.29, 1.82) is 0 Å².